The molecule has 110 valence electrons. The zero-order valence-corrected chi connectivity index (χ0v) is 11.9. The van der Waals surface area contributed by atoms with Crippen molar-refractivity contribution in [2.45, 2.75) is 6.54 Å². The average Bonchev–Trinajstić information content (AvgIpc) is 2.92. The molecule has 2 rings (SSSR count). The van der Waals surface area contributed by atoms with E-state index in [4.69, 9.17) is 10.9 Å². The molecule has 0 unspecified atom stereocenters. The monoisotopic (exact) mass is 287 g/mol. The van der Waals surface area contributed by atoms with E-state index in [0.29, 0.717) is 17.8 Å². The number of benzene rings is 1. The van der Waals surface area contributed by atoms with Gasteiger partial charge in [-0.05, 0) is 17.7 Å². The van der Waals surface area contributed by atoms with Gasteiger partial charge in [-0.2, -0.15) is 5.10 Å². The average molecular weight is 287 g/mol. The van der Waals surface area contributed by atoms with Crippen LogP contribution in [0.15, 0.2) is 41.7 Å². The van der Waals surface area contributed by atoms with Gasteiger partial charge in [-0.1, -0.05) is 23.4 Å². The third-order valence-corrected chi connectivity index (χ3v) is 3.14. The first-order chi connectivity index (χ1) is 10.0. The number of aromatic nitrogens is 2. The lowest BCUT2D eigenvalue weighted by molar-refractivity contribution is 0.0774. The maximum Gasteiger partial charge on any atom is 0.272 e. The van der Waals surface area contributed by atoms with Gasteiger partial charge in [0, 0.05) is 32.4 Å². The lowest BCUT2D eigenvalue weighted by atomic mass is 10.1. The van der Waals surface area contributed by atoms with Crippen molar-refractivity contribution in [3.8, 4) is 0 Å². The van der Waals surface area contributed by atoms with Crippen molar-refractivity contribution < 1.29 is 10.0 Å². The topological polar surface area (TPSA) is 96.7 Å². The van der Waals surface area contributed by atoms with Gasteiger partial charge in [-0.3, -0.25) is 9.48 Å². The van der Waals surface area contributed by atoms with Crippen LogP contribution >= 0.6 is 0 Å². The molecule has 1 aromatic carbocycles. The van der Waals surface area contributed by atoms with Crippen LogP contribution in [0, 0.1) is 0 Å². The summed E-state index contributed by atoms with van der Waals surface area (Å²) in [5, 5.41) is 15.6. The number of aryl methyl sites for hydroxylation is 1. The molecule has 1 amide bonds. The smallest absolute Gasteiger partial charge is 0.272 e. The van der Waals surface area contributed by atoms with Gasteiger partial charge >= 0.3 is 0 Å². The van der Waals surface area contributed by atoms with Crippen molar-refractivity contribution in [2.75, 3.05) is 7.05 Å². The number of amidine groups is 1. The first kappa shape index (κ1) is 14.6. The minimum atomic E-state index is -0.121. The molecule has 0 atom stereocenters. The number of carbonyl (C=O) groups is 1. The maximum absolute atomic E-state index is 12.3. The number of carbonyl (C=O) groups excluding carboxylic acids is 1. The number of oxime groups is 1. The van der Waals surface area contributed by atoms with Crippen LogP contribution in [0.2, 0.25) is 0 Å². The van der Waals surface area contributed by atoms with Crippen LogP contribution in [0.3, 0.4) is 0 Å². The fraction of sp³-hybridized carbons (Fsp3) is 0.214. The number of amides is 1. The van der Waals surface area contributed by atoms with Crippen LogP contribution in [0.1, 0.15) is 21.6 Å². The van der Waals surface area contributed by atoms with Gasteiger partial charge in [0.25, 0.3) is 5.91 Å². The molecule has 21 heavy (non-hydrogen) atoms. The number of nitrogens with zero attached hydrogens (tertiary/aromatic N) is 4. The summed E-state index contributed by atoms with van der Waals surface area (Å²) in [4.78, 5) is 13.9. The fourth-order valence-electron chi connectivity index (χ4n) is 2.01. The molecular formula is C14H17N5O2. The molecule has 1 aromatic heterocycles. The van der Waals surface area contributed by atoms with Crippen molar-refractivity contribution in [3.05, 3.63) is 53.3 Å². The summed E-state index contributed by atoms with van der Waals surface area (Å²) in [6, 6.07) is 8.86. The van der Waals surface area contributed by atoms with Gasteiger partial charge < -0.3 is 15.8 Å². The van der Waals surface area contributed by atoms with Crippen molar-refractivity contribution >= 4 is 11.7 Å². The van der Waals surface area contributed by atoms with E-state index in [9.17, 15) is 4.79 Å². The Labute approximate surface area is 122 Å². The van der Waals surface area contributed by atoms with E-state index in [1.165, 1.54) is 4.68 Å². The highest BCUT2D eigenvalue weighted by atomic mass is 16.4. The number of hydrogen-bond donors (Lipinski definition) is 2. The molecule has 0 fully saturated rings. The number of rotatable bonds is 4. The molecule has 0 saturated heterocycles. The largest absolute Gasteiger partial charge is 0.409 e. The molecule has 0 aliphatic heterocycles. The summed E-state index contributed by atoms with van der Waals surface area (Å²) >= 11 is 0. The van der Waals surface area contributed by atoms with Crippen LogP contribution in [-0.4, -0.2) is 38.7 Å². The normalized spacial score (nSPS) is 11.4. The highest BCUT2D eigenvalue weighted by Crippen LogP contribution is 2.10. The van der Waals surface area contributed by atoms with Crippen LogP contribution in [0.5, 0.6) is 0 Å². The quantitative estimate of drug-likeness (QED) is 0.376. The lowest BCUT2D eigenvalue weighted by Crippen LogP contribution is -2.28. The number of nitrogens with two attached hydrogens (primary N) is 1. The first-order valence-corrected chi connectivity index (χ1v) is 6.33. The highest BCUT2D eigenvalue weighted by molar-refractivity contribution is 5.97. The number of hydrogen-bond acceptors (Lipinski definition) is 4. The van der Waals surface area contributed by atoms with E-state index in [-0.39, 0.29) is 11.7 Å². The van der Waals surface area contributed by atoms with Gasteiger partial charge in [0.1, 0.15) is 5.69 Å². The van der Waals surface area contributed by atoms with Gasteiger partial charge in [0.05, 0.1) is 0 Å². The van der Waals surface area contributed by atoms with Gasteiger partial charge in [-0.25, -0.2) is 0 Å². The Morgan fingerprint density at radius 3 is 2.86 bits per heavy atom. The minimum Gasteiger partial charge on any atom is -0.409 e. The fourth-order valence-corrected chi connectivity index (χ4v) is 2.01. The zero-order valence-electron chi connectivity index (χ0n) is 11.9. The standard InChI is InChI=1S/C14H17N5O2/c1-18(14(20)12-6-7-16-19(12)2)9-10-4-3-5-11(8-10)13(15)17-21/h3-8,21H,9H2,1-2H3,(H2,15,17). The molecule has 0 bridgehead atoms. The summed E-state index contributed by atoms with van der Waals surface area (Å²) in [6.45, 7) is 0.413. The summed E-state index contributed by atoms with van der Waals surface area (Å²) < 4.78 is 1.53. The SMILES string of the molecule is CN(Cc1cccc(C(N)=NO)c1)C(=O)c1ccnn1C. The van der Waals surface area contributed by atoms with E-state index >= 15 is 0 Å². The lowest BCUT2D eigenvalue weighted by Gasteiger charge is -2.17. The Balaban J connectivity index is 2.15. The summed E-state index contributed by atoms with van der Waals surface area (Å²) in [6.07, 6.45) is 1.58. The van der Waals surface area contributed by atoms with Gasteiger partial charge in [0.2, 0.25) is 0 Å². The predicted molar refractivity (Wildman–Crippen MR) is 78.0 cm³/mol. The van der Waals surface area contributed by atoms with E-state index in [0.717, 1.165) is 5.56 Å². The maximum atomic E-state index is 12.3. The van der Waals surface area contributed by atoms with Gasteiger partial charge in [-0.15, -0.1) is 0 Å². The molecule has 0 aliphatic carbocycles. The summed E-state index contributed by atoms with van der Waals surface area (Å²) in [7, 11) is 3.44. The molecule has 2 aromatic rings. The van der Waals surface area contributed by atoms with E-state index in [2.05, 4.69) is 10.3 Å². The molecule has 7 nitrogen and oxygen atoms in total. The Morgan fingerprint density at radius 2 is 2.24 bits per heavy atom. The van der Waals surface area contributed by atoms with Crippen LogP contribution < -0.4 is 5.73 Å². The molecule has 3 N–H and O–H groups in total. The molecule has 0 saturated carbocycles. The third-order valence-electron chi connectivity index (χ3n) is 3.14. The minimum absolute atomic E-state index is 0.0393. The molecule has 1 heterocycles. The second kappa shape index (κ2) is 6.08. The second-order valence-electron chi connectivity index (χ2n) is 4.69. The van der Waals surface area contributed by atoms with Crippen molar-refractivity contribution in [1.82, 2.24) is 14.7 Å². The Bertz CT molecular complexity index is 678. The van der Waals surface area contributed by atoms with E-state index < -0.39 is 0 Å². The van der Waals surface area contributed by atoms with E-state index in [1.807, 2.05) is 6.07 Å². The highest BCUT2D eigenvalue weighted by Gasteiger charge is 2.15. The summed E-state index contributed by atoms with van der Waals surface area (Å²) in [5.41, 5.74) is 7.57. The third kappa shape index (κ3) is 3.19. The Morgan fingerprint density at radius 1 is 1.48 bits per heavy atom. The van der Waals surface area contributed by atoms with Crippen LogP contribution in [0.4, 0.5) is 0 Å². The van der Waals surface area contributed by atoms with Crippen molar-refractivity contribution in [3.63, 3.8) is 0 Å². The molecule has 0 spiro atoms. The second-order valence-corrected chi connectivity index (χ2v) is 4.69. The molecule has 7 heteroatoms. The van der Waals surface area contributed by atoms with Crippen LogP contribution in [0.25, 0.3) is 0 Å². The Hall–Kier alpha value is -2.83. The molecular weight excluding hydrogens is 270 g/mol. The summed E-state index contributed by atoms with van der Waals surface area (Å²) in [5.74, 6) is -0.0818. The van der Waals surface area contributed by atoms with Crippen molar-refractivity contribution in [1.29, 1.82) is 0 Å². The Kier molecular flexibility index (Phi) is 4.22. The predicted octanol–water partition coefficient (Wildman–Crippen LogP) is 0.787. The zero-order chi connectivity index (χ0) is 15.4. The molecule has 0 aliphatic rings. The van der Waals surface area contributed by atoms with Gasteiger partial charge in [0.15, 0.2) is 5.84 Å². The first-order valence-electron chi connectivity index (χ1n) is 6.33. The van der Waals surface area contributed by atoms with E-state index in [1.54, 1.807) is 49.5 Å². The van der Waals surface area contributed by atoms with Crippen molar-refractivity contribution in [2.24, 2.45) is 17.9 Å². The van der Waals surface area contributed by atoms with Crippen LogP contribution in [-0.2, 0) is 13.6 Å². The molecule has 0 radical (unpaired) electrons.